The average molecular weight is 347 g/mol. The zero-order chi connectivity index (χ0) is 18.3. The van der Waals surface area contributed by atoms with Gasteiger partial charge in [0.15, 0.2) is 17.3 Å². The highest BCUT2D eigenvalue weighted by Gasteiger charge is 2.27. The van der Waals surface area contributed by atoms with Crippen molar-refractivity contribution < 1.29 is 18.7 Å². The number of hydrogen-bond donors (Lipinski definition) is 1. The number of anilines is 1. The number of ketones is 1. The molecule has 0 unspecified atom stereocenters. The van der Waals surface area contributed by atoms with Crippen molar-refractivity contribution in [2.45, 2.75) is 0 Å². The van der Waals surface area contributed by atoms with E-state index in [1.807, 2.05) is 18.2 Å². The number of carbonyl (C=O) groups excluding carboxylic acids is 2. The summed E-state index contributed by atoms with van der Waals surface area (Å²) in [6, 6.07) is 16.5. The van der Waals surface area contributed by atoms with Gasteiger partial charge in [0, 0.05) is 28.4 Å². The predicted molar refractivity (Wildman–Crippen MR) is 96.2 cm³/mol. The van der Waals surface area contributed by atoms with Gasteiger partial charge in [-0.1, -0.05) is 30.3 Å². The molecule has 1 aliphatic rings. The molecule has 0 saturated heterocycles. The maximum Gasteiger partial charge on any atom is 0.255 e. The molecule has 0 spiro atoms. The lowest BCUT2D eigenvalue weighted by molar-refractivity contribution is 0.102. The van der Waals surface area contributed by atoms with Crippen LogP contribution in [-0.2, 0) is 0 Å². The molecule has 0 heterocycles. The monoisotopic (exact) mass is 347 g/mol. The number of fused-ring (bicyclic) bond motifs is 3. The van der Waals surface area contributed by atoms with Gasteiger partial charge in [0.25, 0.3) is 5.91 Å². The van der Waals surface area contributed by atoms with Gasteiger partial charge < -0.3 is 10.1 Å². The summed E-state index contributed by atoms with van der Waals surface area (Å²) in [6.45, 7) is 0. The second-order valence-corrected chi connectivity index (χ2v) is 5.94. The Labute approximate surface area is 149 Å². The number of halogens is 1. The molecule has 0 aromatic heterocycles. The van der Waals surface area contributed by atoms with Gasteiger partial charge in [-0.15, -0.1) is 0 Å². The summed E-state index contributed by atoms with van der Waals surface area (Å²) < 4.78 is 18.6. The van der Waals surface area contributed by atoms with Crippen LogP contribution < -0.4 is 10.1 Å². The van der Waals surface area contributed by atoms with Gasteiger partial charge in [0.1, 0.15) is 0 Å². The molecule has 5 heteroatoms. The SMILES string of the molecule is COc1ccc(NC(=O)c2ccc3c(c2)C(=O)c2ccccc2-3)cc1F. The maximum absolute atomic E-state index is 13.8. The summed E-state index contributed by atoms with van der Waals surface area (Å²) in [5, 5.41) is 2.63. The summed E-state index contributed by atoms with van der Waals surface area (Å²) >= 11 is 0. The Hall–Kier alpha value is -3.47. The molecule has 128 valence electrons. The van der Waals surface area contributed by atoms with Crippen molar-refractivity contribution in [3.8, 4) is 16.9 Å². The van der Waals surface area contributed by atoms with Crippen LogP contribution >= 0.6 is 0 Å². The minimum atomic E-state index is -0.565. The van der Waals surface area contributed by atoms with Crippen LogP contribution in [0.3, 0.4) is 0 Å². The Balaban J connectivity index is 1.63. The van der Waals surface area contributed by atoms with Gasteiger partial charge in [-0.05, 0) is 35.4 Å². The van der Waals surface area contributed by atoms with Crippen molar-refractivity contribution in [2.24, 2.45) is 0 Å². The van der Waals surface area contributed by atoms with E-state index in [4.69, 9.17) is 4.74 Å². The predicted octanol–water partition coefficient (Wildman–Crippen LogP) is 4.30. The highest BCUT2D eigenvalue weighted by atomic mass is 19.1. The van der Waals surface area contributed by atoms with Gasteiger partial charge in [-0.3, -0.25) is 9.59 Å². The molecule has 0 saturated carbocycles. The molecule has 1 aliphatic carbocycles. The third kappa shape index (κ3) is 2.54. The Morgan fingerprint density at radius 3 is 2.38 bits per heavy atom. The van der Waals surface area contributed by atoms with Crippen molar-refractivity contribution in [3.63, 3.8) is 0 Å². The maximum atomic E-state index is 13.8. The fourth-order valence-corrected chi connectivity index (χ4v) is 3.12. The molecule has 4 nitrogen and oxygen atoms in total. The first-order chi connectivity index (χ1) is 12.6. The fourth-order valence-electron chi connectivity index (χ4n) is 3.12. The van der Waals surface area contributed by atoms with Gasteiger partial charge in [-0.25, -0.2) is 4.39 Å². The molecule has 3 aromatic carbocycles. The Morgan fingerprint density at radius 1 is 0.923 bits per heavy atom. The zero-order valence-corrected chi connectivity index (χ0v) is 13.9. The standard InChI is InChI=1S/C21H14FNO3/c1-26-19-9-7-13(11-18(19)22)23-21(25)12-6-8-15-14-4-2-3-5-16(14)20(24)17(15)10-12/h2-11H,1H3,(H,23,25). The third-order valence-corrected chi connectivity index (χ3v) is 4.40. The van der Waals surface area contributed by atoms with Crippen molar-refractivity contribution in [2.75, 3.05) is 12.4 Å². The summed E-state index contributed by atoms with van der Waals surface area (Å²) in [7, 11) is 1.37. The topological polar surface area (TPSA) is 55.4 Å². The summed E-state index contributed by atoms with van der Waals surface area (Å²) in [5.74, 6) is -0.976. The number of nitrogens with one attached hydrogen (secondary N) is 1. The van der Waals surface area contributed by atoms with Gasteiger partial charge >= 0.3 is 0 Å². The number of hydrogen-bond acceptors (Lipinski definition) is 3. The van der Waals surface area contributed by atoms with E-state index >= 15 is 0 Å². The van der Waals surface area contributed by atoms with Crippen molar-refractivity contribution >= 4 is 17.4 Å². The molecule has 3 aromatic rings. The van der Waals surface area contributed by atoms with Gasteiger partial charge in [-0.2, -0.15) is 0 Å². The molecule has 1 N–H and O–H groups in total. The third-order valence-electron chi connectivity index (χ3n) is 4.40. The second kappa shape index (κ2) is 6.11. The van der Waals surface area contributed by atoms with Gasteiger partial charge in [0.05, 0.1) is 7.11 Å². The van der Waals surface area contributed by atoms with E-state index in [0.717, 1.165) is 11.1 Å². The first kappa shape index (κ1) is 16.0. The number of methoxy groups -OCH3 is 1. The lowest BCUT2D eigenvalue weighted by Crippen LogP contribution is -2.12. The number of amides is 1. The molecule has 0 radical (unpaired) electrons. The highest BCUT2D eigenvalue weighted by molar-refractivity contribution is 6.22. The van der Waals surface area contributed by atoms with Crippen LogP contribution in [0.4, 0.5) is 10.1 Å². The minimum absolute atomic E-state index is 0.0965. The van der Waals surface area contributed by atoms with E-state index in [2.05, 4.69) is 5.32 Å². The second-order valence-electron chi connectivity index (χ2n) is 5.94. The Bertz CT molecular complexity index is 1060. The highest BCUT2D eigenvalue weighted by Crippen LogP contribution is 2.36. The number of rotatable bonds is 3. The fraction of sp³-hybridized carbons (Fsp3) is 0.0476. The molecular weight excluding hydrogens is 333 g/mol. The number of carbonyl (C=O) groups is 2. The number of ether oxygens (including phenoxy) is 1. The normalized spacial score (nSPS) is 11.7. The van der Waals surface area contributed by atoms with E-state index in [9.17, 15) is 14.0 Å². The molecule has 0 bridgehead atoms. The van der Waals surface area contributed by atoms with Crippen LogP contribution in [0, 0.1) is 5.82 Å². The smallest absolute Gasteiger partial charge is 0.255 e. The summed E-state index contributed by atoms with van der Waals surface area (Å²) in [6.07, 6.45) is 0. The Kier molecular flexibility index (Phi) is 3.77. The van der Waals surface area contributed by atoms with Crippen LogP contribution in [0.2, 0.25) is 0 Å². The molecule has 0 aliphatic heterocycles. The van der Waals surface area contributed by atoms with Crippen molar-refractivity contribution in [3.05, 3.63) is 83.2 Å². The van der Waals surface area contributed by atoms with E-state index in [1.54, 1.807) is 30.3 Å². The molecule has 26 heavy (non-hydrogen) atoms. The first-order valence-electron chi connectivity index (χ1n) is 8.01. The van der Waals surface area contributed by atoms with Crippen molar-refractivity contribution in [1.82, 2.24) is 0 Å². The van der Waals surface area contributed by atoms with Crippen LogP contribution in [0.5, 0.6) is 5.75 Å². The molecule has 1 amide bonds. The molecule has 0 fully saturated rings. The lowest BCUT2D eigenvalue weighted by Gasteiger charge is -2.08. The van der Waals surface area contributed by atoms with E-state index in [-0.39, 0.29) is 11.5 Å². The quantitative estimate of drug-likeness (QED) is 0.601. The first-order valence-corrected chi connectivity index (χ1v) is 8.01. The van der Waals surface area contributed by atoms with Crippen LogP contribution in [-0.4, -0.2) is 18.8 Å². The van der Waals surface area contributed by atoms with E-state index < -0.39 is 11.7 Å². The average Bonchev–Trinajstić information content (AvgIpc) is 2.94. The summed E-state index contributed by atoms with van der Waals surface area (Å²) in [4.78, 5) is 25.0. The Morgan fingerprint density at radius 2 is 1.65 bits per heavy atom. The molecule has 4 rings (SSSR count). The van der Waals surface area contributed by atoms with E-state index in [0.29, 0.717) is 22.4 Å². The van der Waals surface area contributed by atoms with Crippen molar-refractivity contribution in [1.29, 1.82) is 0 Å². The summed E-state index contributed by atoms with van der Waals surface area (Å²) in [5.41, 5.74) is 3.47. The number of benzene rings is 3. The van der Waals surface area contributed by atoms with E-state index in [1.165, 1.54) is 19.2 Å². The zero-order valence-electron chi connectivity index (χ0n) is 13.9. The van der Waals surface area contributed by atoms with Crippen LogP contribution in [0.1, 0.15) is 26.3 Å². The lowest BCUT2D eigenvalue weighted by atomic mass is 10.0. The van der Waals surface area contributed by atoms with Crippen LogP contribution in [0.25, 0.3) is 11.1 Å². The largest absolute Gasteiger partial charge is 0.494 e. The van der Waals surface area contributed by atoms with Crippen LogP contribution in [0.15, 0.2) is 60.7 Å². The van der Waals surface area contributed by atoms with Gasteiger partial charge in [0.2, 0.25) is 0 Å². The minimum Gasteiger partial charge on any atom is -0.494 e. The molecular formula is C21H14FNO3. The molecule has 0 atom stereocenters.